The van der Waals surface area contributed by atoms with Crippen molar-refractivity contribution in [3.8, 4) is 0 Å². The van der Waals surface area contributed by atoms with Gasteiger partial charge in [0.1, 0.15) is 5.82 Å². The van der Waals surface area contributed by atoms with Gasteiger partial charge in [0.05, 0.1) is 17.6 Å². The van der Waals surface area contributed by atoms with Crippen LogP contribution in [0.5, 0.6) is 0 Å². The second kappa shape index (κ2) is 5.65. The molecule has 7 heteroatoms. The quantitative estimate of drug-likeness (QED) is 0.831. The number of anilines is 1. The minimum absolute atomic E-state index is 0.000428. The third-order valence-electron chi connectivity index (χ3n) is 3.78. The molecule has 6 nitrogen and oxygen atoms in total. The second-order valence-electron chi connectivity index (χ2n) is 5.44. The van der Waals surface area contributed by atoms with Crippen LogP contribution in [0.3, 0.4) is 0 Å². The molecule has 1 aromatic rings. The number of sulfonamides is 1. The van der Waals surface area contributed by atoms with Crippen LogP contribution in [-0.2, 0) is 10.0 Å². The Kier molecular flexibility index (Phi) is 4.29. The van der Waals surface area contributed by atoms with Crippen molar-refractivity contribution in [3.63, 3.8) is 0 Å². The Morgan fingerprint density at radius 2 is 2.10 bits per heavy atom. The molecular formula is C13H22N4O2S. The van der Waals surface area contributed by atoms with Crippen molar-refractivity contribution < 1.29 is 8.42 Å². The number of hydrogen-bond donors (Lipinski definition) is 0. The van der Waals surface area contributed by atoms with Gasteiger partial charge >= 0.3 is 0 Å². The fourth-order valence-electron chi connectivity index (χ4n) is 2.54. The van der Waals surface area contributed by atoms with E-state index < -0.39 is 10.0 Å². The second-order valence-corrected chi connectivity index (χ2v) is 7.48. The zero-order chi connectivity index (χ0) is 14.9. The summed E-state index contributed by atoms with van der Waals surface area (Å²) < 4.78 is 24.8. The summed E-state index contributed by atoms with van der Waals surface area (Å²) in [5.41, 5.74) is 1.77. The van der Waals surface area contributed by atoms with Crippen LogP contribution in [0, 0.1) is 13.8 Å². The van der Waals surface area contributed by atoms with Crippen molar-refractivity contribution in [1.29, 1.82) is 0 Å². The summed E-state index contributed by atoms with van der Waals surface area (Å²) in [6.45, 7) is 5.42. The van der Waals surface area contributed by atoms with Gasteiger partial charge in [-0.3, -0.25) is 4.98 Å². The molecule has 0 N–H and O–H groups in total. The van der Waals surface area contributed by atoms with E-state index in [1.54, 1.807) is 13.2 Å². The zero-order valence-corrected chi connectivity index (χ0v) is 13.3. The van der Waals surface area contributed by atoms with Crippen molar-refractivity contribution in [1.82, 2.24) is 14.3 Å². The summed E-state index contributed by atoms with van der Waals surface area (Å²) in [7, 11) is -1.50. The molecular weight excluding hydrogens is 276 g/mol. The maximum Gasteiger partial charge on any atom is 0.211 e. The van der Waals surface area contributed by atoms with E-state index in [0.29, 0.717) is 6.54 Å². The summed E-state index contributed by atoms with van der Waals surface area (Å²) >= 11 is 0. The van der Waals surface area contributed by atoms with Gasteiger partial charge in [-0.05, 0) is 26.7 Å². The van der Waals surface area contributed by atoms with Crippen LogP contribution < -0.4 is 4.90 Å². The van der Waals surface area contributed by atoms with Gasteiger partial charge in [0.15, 0.2) is 0 Å². The Bertz CT molecular complexity index is 588. The monoisotopic (exact) mass is 298 g/mol. The summed E-state index contributed by atoms with van der Waals surface area (Å²) in [6.07, 6.45) is 4.85. The van der Waals surface area contributed by atoms with Crippen LogP contribution in [0.25, 0.3) is 0 Å². The SMILES string of the molecule is Cc1cnc(C)c(N2CCCC(N(C)S(C)(=O)=O)C2)n1. The maximum absolute atomic E-state index is 11.7. The van der Waals surface area contributed by atoms with E-state index in [-0.39, 0.29) is 6.04 Å². The molecule has 20 heavy (non-hydrogen) atoms. The van der Waals surface area contributed by atoms with Crippen LogP contribution in [0.2, 0.25) is 0 Å². The molecule has 0 saturated carbocycles. The Morgan fingerprint density at radius 3 is 2.75 bits per heavy atom. The van der Waals surface area contributed by atoms with E-state index in [1.165, 1.54) is 10.6 Å². The highest BCUT2D eigenvalue weighted by molar-refractivity contribution is 7.88. The van der Waals surface area contributed by atoms with Crippen molar-refractivity contribution in [2.45, 2.75) is 32.7 Å². The molecule has 2 rings (SSSR count). The molecule has 2 heterocycles. The van der Waals surface area contributed by atoms with Crippen molar-refractivity contribution in [3.05, 3.63) is 17.6 Å². The first-order valence-corrected chi connectivity index (χ1v) is 8.62. The van der Waals surface area contributed by atoms with Crippen molar-refractivity contribution in [2.24, 2.45) is 0 Å². The summed E-state index contributed by atoms with van der Waals surface area (Å²) in [5.74, 6) is 0.872. The Hall–Kier alpha value is -1.21. The molecule has 1 aliphatic heterocycles. The lowest BCUT2D eigenvalue weighted by Crippen LogP contribution is -2.48. The Morgan fingerprint density at radius 1 is 1.40 bits per heavy atom. The van der Waals surface area contributed by atoms with E-state index in [2.05, 4.69) is 14.9 Å². The lowest BCUT2D eigenvalue weighted by molar-refractivity contribution is 0.321. The normalized spacial score (nSPS) is 20.4. The molecule has 0 radical (unpaired) electrons. The van der Waals surface area contributed by atoms with Crippen LogP contribution in [-0.4, -0.2) is 55.1 Å². The first kappa shape index (κ1) is 15.2. The zero-order valence-electron chi connectivity index (χ0n) is 12.5. The molecule has 1 aliphatic rings. The number of aryl methyl sites for hydroxylation is 2. The number of aromatic nitrogens is 2. The first-order valence-electron chi connectivity index (χ1n) is 6.77. The summed E-state index contributed by atoms with van der Waals surface area (Å²) in [6, 6.07) is 0.000428. The molecule has 0 aromatic carbocycles. The van der Waals surface area contributed by atoms with Gasteiger partial charge in [-0.1, -0.05) is 0 Å². The molecule has 0 amide bonds. The van der Waals surface area contributed by atoms with Gasteiger partial charge < -0.3 is 4.90 Å². The highest BCUT2D eigenvalue weighted by atomic mass is 32.2. The van der Waals surface area contributed by atoms with Crippen LogP contribution in [0.1, 0.15) is 24.2 Å². The lowest BCUT2D eigenvalue weighted by atomic mass is 10.1. The number of nitrogens with zero attached hydrogens (tertiary/aromatic N) is 4. The van der Waals surface area contributed by atoms with E-state index >= 15 is 0 Å². The van der Waals surface area contributed by atoms with E-state index in [9.17, 15) is 8.42 Å². The molecule has 1 fully saturated rings. The fraction of sp³-hybridized carbons (Fsp3) is 0.692. The Labute approximate surface area is 120 Å². The smallest absolute Gasteiger partial charge is 0.211 e. The average molecular weight is 298 g/mol. The van der Waals surface area contributed by atoms with Gasteiger partial charge in [-0.25, -0.2) is 17.7 Å². The van der Waals surface area contributed by atoms with E-state index in [1.807, 2.05) is 13.8 Å². The van der Waals surface area contributed by atoms with Gasteiger partial charge in [-0.2, -0.15) is 0 Å². The number of piperidine rings is 1. The fourth-order valence-corrected chi connectivity index (χ4v) is 3.25. The minimum atomic E-state index is -3.16. The van der Waals surface area contributed by atoms with Gasteiger partial charge in [0, 0.05) is 32.4 Å². The van der Waals surface area contributed by atoms with Gasteiger partial charge in [-0.15, -0.1) is 0 Å². The third kappa shape index (κ3) is 3.27. The average Bonchev–Trinajstić information content (AvgIpc) is 2.40. The van der Waals surface area contributed by atoms with Gasteiger partial charge in [0.25, 0.3) is 0 Å². The van der Waals surface area contributed by atoms with E-state index in [0.717, 1.165) is 36.6 Å². The number of hydrogen-bond acceptors (Lipinski definition) is 5. The molecule has 0 spiro atoms. The molecule has 112 valence electrons. The minimum Gasteiger partial charge on any atom is -0.354 e. The molecule has 1 aromatic heterocycles. The number of likely N-dealkylation sites (N-methyl/N-ethyl adjacent to an activating group) is 1. The topological polar surface area (TPSA) is 66.4 Å². The van der Waals surface area contributed by atoms with Crippen molar-refractivity contribution >= 4 is 15.8 Å². The lowest BCUT2D eigenvalue weighted by Gasteiger charge is -2.37. The predicted molar refractivity (Wildman–Crippen MR) is 79.3 cm³/mol. The Balaban J connectivity index is 2.21. The molecule has 1 atom stereocenters. The third-order valence-corrected chi connectivity index (χ3v) is 5.13. The first-order chi connectivity index (χ1) is 9.29. The van der Waals surface area contributed by atoms with Crippen LogP contribution in [0.4, 0.5) is 5.82 Å². The van der Waals surface area contributed by atoms with Crippen molar-refractivity contribution in [2.75, 3.05) is 31.3 Å². The highest BCUT2D eigenvalue weighted by Gasteiger charge is 2.29. The largest absolute Gasteiger partial charge is 0.354 e. The molecule has 0 bridgehead atoms. The van der Waals surface area contributed by atoms with Gasteiger partial charge in [0.2, 0.25) is 10.0 Å². The predicted octanol–water partition coefficient (Wildman–Crippen LogP) is 0.954. The van der Waals surface area contributed by atoms with Crippen LogP contribution >= 0.6 is 0 Å². The number of rotatable bonds is 3. The highest BCUT2D eigenvalue weighted by Crippen LogP contribution is 2.23. The van der Waals surface area contributed by atoms with E-state index in [4.69, 9.17) is 0 Å². The van der Waals surface area contributed by atoms with Crippen LogP contribution in [0.15, 0.2) is 6.20 Å². The molecule has 1 unspecified atom stereocenters. The molecule has 0 aliphatic carbocycles. The molecule has 1 saturated heterocycles. The summed E-state index contributed by atoms with van der Waals surface area (Å²) in [5, 5.41) is 0. The maximum atomic E-state index is 11.7. The summed E-state index contributed by atoms with van der Waals surface area (Å²) in [4.78, 5) is 11.0. The standard InChI is InChI=1S/C13H22N4O2S/c1-10-8-14-11(2)13(15-10)17-7-5-6-12(9-17)16(3)20(4,18)19/h8,12H,5-7,9H2,1-4H3.